The van der Waals surface area contributed by atoms with E-state index in [1.54, 1.807) is 7.11 Å². The third kappa shape index (κ3) is 4.02. The summed E-state index contributed by atoms with van der Waals surface area (Å²) in [5.74, 6) is 2.08. The summed E-state index contributed by atoms with van der Waals surface area (Å²) in [5, 5.41) is 2.90. The maximum atomic E-state index is 12.0. The van der Waals surface area contributed by atoms with Crippen molar-refractivity contribution < 1.29 is 19.0 Å². The minimum atomic E-state index is -0.0530. The minimum Gasteiger partial charge on any atom is -0.497 e. The van der Waals surface area contributed by atoms with Gasteiger partial charge in [-0.1, -0.05) is 6.07 Å². The van der Waals surface area contributed by atoms with E-state index in [0.29, 0.717) is 24.7 Å². The molecular weight excluding hydrogens is 294 g/mol. The number of methoxy groups -OCH3 is 1. The van der Waals surface area contributed by atoms with Crippen molar-refractivity contribution in [1.29, 1.82) is 0 Å². The zero-order valence-corrected chi connectivity index (χ0v) is 13.0. The molecule has 0 radical (unpaired) electrons. The standard InChI is InChI=1S/C18H19NO4/c1-21-16-3-2-4-17(11-16)23-15-7-5-14(6-8-15)19-18(20)13-9-10-22-12-13/h2-8,11,13H,9-10,12H2,1H3,(H,19,20). The third-order valence-corrected chi connectivity index (χ3v) is 3.70. The van der Waals surface area contributed by atoms with Crippen LogP contribution in [0.3, 0.4) is 0 Å². The summed E-state index contributed by atoms with van der Waals surface area (Å²) in [4.78, 5) is 12.0. The van der Waals surface area contributed by atoms with Crippen molar-refractivity contribution in [1.82, 2.24) is 0 Å². The van der Waals surface area contributed by atoms with Gasteiger partial charge < -0.3 is 19.5 Å². The van der Waals surface area contributed by atoms with E-state index >= 15 is 0 Å². The highest BCUT2D eigenvalue weighted by molar-refractivity contribution is 5.92. The fourth-order valence-electron chi connectivity index (χ4n) is 2.39. The fraction of sp³-hybridized carbons (Fsp3) is 0.278. The van der Waals surface area contributed by atoms with Crippen molar-refractivity contribution in [2.24, 2.45) is 5.92 Å². The largest absolute Gasteiger partial charge is 0.497 e. The highest BCUT2D eigenvalue weighted by Crippen LogP contribution is 2.26. The first-order valence-electron chi connectivity index (χ1n) is 7.55. The maximum absolute atomic E-state index is 12.0. The second-order valence-electron chi connectivity index (χ2n) is 5.36. The number of ether oxygens (including phenoxy) is 3. The Morgan fingerprint density at radius 1 is 1.13 bits per heavy atom. The van der Waals surface area contributed by atoms with E-state index in [4.69, 9.17) is 14.2 Å². The molecule has 0 aromatic heterocycles. The van der Waals surface area contributed by atoms with Crippen LogP contribution in [-0.4, -0.2) is 26.2 Å². The van der Waals surface area contributed by atoms with Gasteiger partial charge >= 0.3 is 0 Å². The normalized spacial score (nSPS) is 16.8. The van der Waals surface area contributed by atoms with Gasteiger partial charge in [0.05, 0.1) is 19.6 Å². The fourth-order valence-corrected chi connectivity index (χ4v) is 2.39. The molecule has 0 aliphatic carbocycles. The smallest absolute Gasteiger partial charge is 0.229 e. The molecule has 1 amide bonds. The summed E-state index contributed by atoms with van der Waals surface area (Å²) >= 11 is 0. The van der Waals surface area contributed by atoms with Gasteiger partial charge in [0.2, 0.25) is 5.91 Å². The Morgan fingerprint density at radius 3 is 2.61 bits per heavy atom. The highest BCUT2D eigenvalue weighted by atomic mass is 16.5. The van der Waals surface area contributed by atoms with Crippen LogP contribution in [0, 0.1) is 5.92 Å². The Labute approximate surface area is 135 Å². The van der Waals surface area contributed by atoms with Gasteiger partial charge in [0.25, 0.3) is 0 Å². The predicted octanol–water partition coefficient (Wildman–Crippen LogP) is 3.46. The molecule has 1 atom stereocenters. The van der Waals surface area contributed by atoms with E-state index in [1.807, 2.05) is 48.5 Å². The van der Waals surface area contributed by atoms with Crippen LogP contribution in [0.5, 0.6) is 17.2 Å². The summed E-state index contributed by atoms with van der Waals surface area (Å²) in [5.41, 5.74) is 0.750. The number of hydrogen-bond acceptors (Lipinski definition) is 4. The average molecular weight is 313 g/mol. The molecule has 0 saturated carbocycles. The number of carbonyl (C=O) groups is 1. The van der Waals surface area contributed by atoms with Crippen molar-refractivity contribution in [2.75, 3.05) is 25.6 Å². The Kier molecular flexibility index (Phi) is 4.78. The van der Waals surface area contributed by atoms with Gasteiger partial charge in [-0.2, -0.15) is 0 Å². The number of benzene rings is 2. The molecule has 1 heterocycles. The first-order valence-corrected chi connectivity index (χ1v) is 7.55. The molecule has 1 unspecified atom stereocenters. The van der Waals surface area contributed by atoms with Crippen molar-refractivity contribution >= 4 is 11.6 Å². The van der Waals surface area contributed by atoms with Gasteiger partial charge in [0.1, 0.15) is 17.2 Å². The van der Waals surface area contributed by atoms with E-state index in [9.17, 15) is 4.79 Å². The Balaban J connectivity index is 1.61. The van der Waals surface area contributed by atoms with Gasteiger partial charge in [0.15, 0.2) is 0 Å². The van der Waals surface area contributed by atoms with Crippen molar-refractivity contribution in [2.45, 2.75) is 6.42 Å². The number of amides is 1. The third-order valence-electron chi connectivity index (χ3n) is 3.70. The van der Waals surface area contributed by atoms with Crippen LogP contribution in [-0.2, 0) is 9.53 Å². The Hall–Kier alpha value is -2.53. The summed E-state index contributed by atoms with van der Waals surface area (Å²) < 4.78 is 16.2. The molecule has 3 rings (SSSR count). The van der Waals surface area contributed by atoms with Gasteiger partial charge in [-0.15, -0.1) is 0 Å². The van der Waals surface area contributed by atoms with Gasteiger partial charge in [-0.25, -0.2) is 0 Å². The lowest BCUT2D eigenvalue weighted by molar-refractivity contribution is -0.119. The SMILES string of the molecule is COc1cccc(Oc2ccc(NC(=O)C3CCOC3)cc2)c1. The second-order valence-corrected chi connectivity index (χ2v) is 5.36. The lowest BCUT2D eigenvalue weighted by atomic mass is 10.1. The van der Waals surface area contributed by atoms with Crippen LogP contribution in [0.2, 0.25) is 0 Å². The molecule has 23 heavy (non-hydrogen) atoms. The molecule has 0 spiro atoms. The minimum absolute atomic E-state index is 0.00367. The Bertz CT molecular complexity index is 663. The number of carbonyl (C=O) groups excluding carboxylic acids is 1. The van der Waals surface area contributed by atoms with Gasteiger partial charge in [0, 0.05) is 18.4 Å². The summed E-state index contributed by atoms with van der Waals surface area (Å²) in [7, 11) is 1.62. The van der Waals surface area contributed by atoms with Gasteiger partial charge in [-0.3, -0.25) is 4.79 Å². The zero-order chi connectivity index (χ0) is 16.1. The van der Waals surface area contributed by atoms with Crippen LogP contribution >= 0.6 is 0 Å². The molecule has 1 aliphatic heterocycles. The molecule has 5 heteroatoms. The number of rotatable bonds is 5. The average Bonchev–Trinajstić information content (AvgIpc) is 3.11. The van der Waals surface area contributed by atoms with E-state index in [1.165, 1.54) is 0 Å². The lowest BCUT2D eigenvalue weighted by Crippen LogP contribution is -2.22. The molecule has 5 nitrogen and oxygen atoms in total. The summed E-state index contributed by atoms with van der Waals surface area (Å²) in [6.07, 6.45) is 0.781. The molecule has 1 N–H and O–H groups in total. The highest BCUT2D eigenvalue weighted by Gasteiger charge is 2.23. The molecule has 120 valence electrons. The van der Waals surface area contributed by atoms with Crippen LogP contribution in [0.25, 0.3) is 0 Å². The van der Waals surface area contributed by atoms with E-state index in [-0.39, 0.29) is 11.8 Å². The van der Waals surface area contributed by atoms with E-state index in [0.717, 1.165) is 17.9 Å². The van der Waals surface area contributed by atoms with Gasteiger partial charge in [-0.05, 0) is 42.8 Å². The monoisotopic (exact) mass is 313 g/mol. The topological polar surface area (TPSA) is 56.8 Å². The van der Waals surface area contributed by atoms with E-state index in [2.05, 4.69) is 5.32 Å². The lowest BCUT2D eigenvalue weighted by Gasteiger charge is -2.11. The molecule has 1 saturated heterocycles. The maximum Gasteiger partial charge on any atom is 0.229 e. The molecule has 1 fully saturated rings. The number of hydrogen-bond donors (Lipinski definition) is 1. The van der Waals surface area contributed by atoms with Crippen LogP contribution < -0.4 is 14.8 Å². The second kappa shape index (κ2) is 7.15. The quantitative estimate of drug-likeness (QED) is 0.918. The molecule has 0 bridgehead atoms. The van der Waals surface area contributed by atoms with Crippen molar-refractivity contribution in [3.63, 3.8) is 0 Å². The zero-order valence-electron chi connectivity index (χ0n) is 13.0. The van der Waals surface area contributed by atoms with Crippen molar-refractivity contribution in [3.05, 3.63) is 48.5 Å². The molecule has 1 aliphatic rings. The number of anilines is 1. The Morgan fingerprint density at radius 2 is 1.91 bits per heavy atom. The number of nitrogens with one attached hydrogen (secondary N) is 1. The first kappa shape index (κ1) is 15.4. The van der Waals surface area contributed by atoms with Crippen LogP contribution in [0.15, 0.2) is 48.5 Å². The summed E-state index contributed by atoms with van der Waals surface area (Å²) in [6, 6.07) is 14.7. The summed E-state index contributed by atoms with van der Waals surface area (Å²) in [6.45, 7) is 1.16. The van der Waals surface area contributed by atoms with Crippen molar-refractivity contribution in [3.8, 4) is 17.2 Å². The molecule has 2 aromatic carbocycles. The van der Waals surface area contributed by atoms with E-state index < -0.39 is 0 Å². The molecular formula is C18H19NO4. The molecule has 2 aromatic rings. The first-order chi connectivity index (χ1) is 11.2. The van der Waals surface area contributed by atoms with Crippen LogP contribution in [0.1, 0.15) is 6.42 Å². The van der Waals surface area contributed by atoms with Crippen LogP contribution in [0.4, 0.5) is 5.69 Å². The predicted molar refractivity (Wildman–Crippen MR) is 87.1 cm³/mol.